The van der Waals surface area contributed by atoms with Crippen molar-refractivity contribution in [3.05, 3.63) is 34.7 Å². The standard InChI is InChI=1S/C18H24N2O2S2/c1-4-19(5-2)15-9-7-14(8-10-15)13-16-17(21)20(18(23)24-16)11-6-12-22-3/h7-10,13H,4-6,11-12H2,1-3H3/b16-13-. The molecule has 0 bridgehead atoms. The van der Waals surface area contributed by atoms with Crippen LogP contribution in [0.3, 0.4) is 0 Å². The Morgan fingerprint density at radius 1 is 1.25 bits per heavy atom. The van der Waals surface area contributed by atoms with E-state index in [0.717, 1.165) is 25.1 Å². The SMILES string of the molecule is CCN(CC)c1ccc(/C=C2\SC(=S)N(CCCOC)C2=O)cc1. The van der Waals surface area contributed by atoms with E-state index in [9.17, 15) is 4.79 Å². The van der Waals surface area contributed by atoms with Crippen LogP contribution in [0.1, 0.15) is 25.8 Å². The number of hydrogen-bond donors (Lipinski definition) is 0. The second kappa shape index (κ2) is 9.20. The maximum absolute atomic E-state index is 12.5. The van der Waals surface area contributed by atoms with Gasteiger partial charge in [0.2, 0.25) is 0 Å². The van der Waals surface area contributed by atoms with Crippen LogP contribution in [-0.4, -0.2) is 48.5 Å². The number of ether oxygens (including phenoxy) is 1. The van der Waals surface area contributed by atoms with E-state index in [1.165, 1.54) is 17.4 Å². The van der Waals surface area contributed by atoms with Crippen molar-refractivity contribution in [3.63, 3.8) is 0 Å². The zero-order valence-electron chi connectivity index (χ0n) is 14.4. The van der Waals surface area contributed by atoms with Gasteiger partial charge in [0.05, 0.1) is 4.91 Å². The van der Waals surface area contributed by atoms with Gasteiger partial charge in [0.15, 0.2) is 0 Å². The topological polar surface area (TPSA) is 32.8 Å². The van der Waals surface area contributed by atoms with E-state index in [1.807, 2.05) is 18.2 Å². The Balaban J connectivity index is 2.08. The highest BCUT2D eigenvalue weighted by Gasteiger charge is 2.31. The molecule has 1 saturated heterocycles. The zero-order valence-corrected chi connectivity index (χ0v) is 16.1. The number of carbonyl (C=O) groups is 1. The van der Waals surface area contributed by atoms with Gasteiger partial charge in [-0.15, -0.1) is 0 Å². The summed E-state index contributed by atoms with van der Waals surface area (Å²) in [6.07, 6.45) is 2.70. The first-order valence-corrected chi connectivity index (χ1v) is 9.42. The molecule has 1 heterocycles. The minimum Gasteiger partial charge on any atom is -0.385 e. The first-order valence-electron chi connectivity index (χ1n) is 8.20. The molecule has 1 fully saturated rings. The summed E-state index contributed by atoms with van der Waals surface area (Å²) < 4.78 is 5.66. The Kier molecular flexibility index (Phi) is 7.27. The molecule has 130 valence electrons. The normalized spacial score (nSPS) is 16.3. The molecule has 1 aliphatic rings. The molecule has 4 nitrogen and oxygen atoms in total. The number of benzene rings is 1. The van der Waals surface area contributed by atoms with Crippen molar-refractivity contribution in [2.24, 2.45) is 0 Å². The minimum absolute atomic E-state index is 0.00563. The predicted octanol–water partition coefficient (Wildman–Crippen LogP) is 3.77. The Morgan fingerprint density at radius 2 is 1.92 bits per heavy atom. The van der Waals surface area contributed by atoms with Crippen molar-refractivity contribution in [2.75, 3.05) is 38.3 Å². The number of hydrogen-bond acceptors (Lipinski definition) is 5. The number of anilines is 1. The molecule has 0 unspecified atom stereocenters. The third kappa shape index (κ3) is 4.59. The number of amides is 1. The van der Waals surface area contributed by atoms with Crippen LogP contribution < -0.4 is 4.90 Å². The van der Waals surface area contributed by atoms with Gasteiger partial charge in [-0.1, -0.05) is 36.1 Å². The van der Waals surface area contributed by atoms with Crippen LogP contribution in [0.4, 0.5) is 5.69 Å². The molecule has 0 aliphatic carbocycles. The highest BCUT2D eigenvalue weighted by atomic mass is 32.2. The minimum atomic E-state index is -0.00563. The second-order valence-electron chi connectivity index (χ2n) is 5.44. The first-order chi connectivity index (χ1) is 11.6. The van der Waals surface area contributed by atoms with Crippen molar-refractivity contribution in [3.8, 4) is 0 Å². The average molecular weight is 365 g/mol. The highest BCUT2D eigenvalue weighted by molar-refractivity contribution is 8.26. The van der Waals surface area contributed by atoms with Gasteiger partial charge >= 0.3 is 0 Å². The molecule has 1 aromatic rings. The van der Waals surface area contributed by atoms with Crippen molar-refractivity contribution in [1.82, 2.24) is 4.90 Å². The van der Waals surface area contributed by atoms with E-state index < -0.39 is 0 Å². The number of rotatable bonds is 8. The molecule has 0 N–H and O–H groups in total. The van der Waals surface area contributed by atoms with E-state index in [4.69, 9.17) is 17.0 Å². The third-order valence-electron chi connectivity index (χ3n) is 3.92. The Morgan fingerprint density at radius 3 is 2.50 bits per heavy atom. The fraction of sp³-hybridized carbons (Fsp3) is 0.444. The molecule has 1 amide bonds. The van der Waals surface area contributed by atoms with Crippen LogP contribution in [0.25, 0.3) is 6.08 Å². The molecular formula is C18H24N2O2S2. The smallest absolute Gasteiger partial charge is 0.266 e. The van der Waals surface area contributed by atoms with Crippen LogP contribution in [0.15, 0.2) is 29.2 Å². The summed E-state index contributed by atoms with van der Waals surface area (Å²) in [4.78, 5) is 17.1. The van der Waals surface area contributed by atoms with Crippen LogP contribution in [0.2, 0.25) is 0 Å². The Labute approximate surface area is 153 Å². The van der Waals surface area contributed by atoms with Gasteiger partial charge in [-0.3, -0.25) is 9.69 Å². The molecule has 2 rings (SSSR count). The largest absolute Gasteiger partial charge is 0.385 e. The third-order valence-corrected chi connectivity index (χ3v) is 5.30. The fourth-order valence-corrected chi connectivity index (χ4v) is 3.89. The lowest BCUT2D eigenvalue weighted by Gasteiger charge is -2.20. The van der Waals surface area contributed by atoms with E-state index in [1.54, 1.807) is 12.0 Å². The maximum Gasteiger partial charge on any atom is 0.266 e. The van der Waals surface area contributed by atoms with Gasteiger partial charge in [0.25, 0.3) is 5.91 Å². The lowest BCUT2D eigenvalue weighted by molar-refractivity contribution is -0.122. The molecule has 1 aromatic carbocycles. The molecule has 0 atom stereocenters. The summed E-state index contributed by atoms with van der Waals surface area (Å²) in [5.41, 5.74) is 2.22. The van der Waals surface area contributed by atoms with E-state index >= 15 is 0 Å². The number of methoxy groups -OCH3 is 1. The van der Waals surface area contributed by atoms with Crippen LogP contribution in [-0.2, 0) is 9.53 Å². The van der Waals surface area contributed by atoms with Crippen LogP contribution in [0.5, 0.6) is 0 Å². The molecule has 1 aliphatic heterocycles. The molecule has 0 aromatic heterocycles. The summed E-state index contributed by atoms with van der Waals surface area (Å²) in [5.74, 6) is -0.00563. The lowest BCUT2D eigenvalue weighted by Crippen LogP contribution is -2.29. The molecular weight excluding hydrogens is 340 g/mol. The number of carbonyl (C=O) groups excluding carboxylic acids is 1. The number of thiocarbonyl (C=S) groups is 1. The van der Waals surface area contributed by atoms with Gasteiger partial charge in [-0.2, -0.15) is 0 Å². The van der Waals surface area contributed by atoms with Gasteiger partial charge in [-0.05, 0) is 44.0 Å². The summed E-state index contributed by atoms with van der Waals surface area (Å²) in [7, 11) is 1.66. The molecule has 6 heteroatoms. The number of thioether (sulfide) groups is 1. The van der Waals surface area contributed by atoms with Crippen molar-refractivity contribution < 1.29 is 9.53 Å². The number of nitrogens with zero attached hydrogens (tertiary/aromatic N) is 2. The second-order valence-corrected chi connectivity index (χ2v) is 7.12. The van der Waals surface area contributed by atoms with Gasteiger partial charge in [0, 0.05) is 39.0 Å². The van der Waals surface area contributed by atoms with Crippen LogP contribution in [0, 0.1) is 0 Å². The first kappa shape index (κ1) is 19.0. The average Bonchev–Trinajstić information content (AvgIpc) is 2.85. The highest BCUT2D eigenvalue weighted by Crippen LogP contribution is 2.32. The van der Waals surface area contributed by atoms with Crippen LogP contribution >= 0.6 is 24.0 Å². The van der Waals surface area contributed by atoms with Gasteiger partial charge < -0.3 is 9.64 Å². The molecule has 0 spiro atoms. The van der Waals surface area contributed by atoms with E-state index in [2.05, 4.69) is 30.9 Å². The van der Waals surface area contributed by atoms with E-state index in [-0.39, 0.29) is 5.91 Å². The van der Waals surface area contributed by atoms with Crippen molar-refractivity contribution in [1.29, 1.82) is 0 Å². The summed E-state index contributed by atoms with van der Waals surface area (Å²) in [6, 6.07) is 8.28. The fourth-order valence-electron chi connectivity index (χ4n) is 2.58. The monoisotopic (exact) mass is 364 g/mol. The van der Waals surface area contributed by atoms with Crippen molar-refractivity contribution >= 4 is 46.0 Å². The Bertz CT molecular complexity index is 610. The predicted molar refractivity (Wildman–Crippen MR) is 106 cm³/mol. The summed E-state index contributed by atoms with van der Waals surface area (Å²) in [5, 5.41) is 0. The van der Waals surface area contributed by atoms with Gasteiger partial charge in [0.1, 0.15) is 4.32 Å². The summed E-state index contributed by atoms with van der Waals surface area (Å²) >= 11 is 6.70. The Hall–Kier alpha value is -1.37. The summed E-state index contributed by atoms with van der Waals surface area (Å²) in [6.45, 7) is 7.49. The molecule has 0 saturated carbocycles. The van der Waals surface area contributed by atoms with E-state index in [0.29, 0.717) is 22.4 Å². The maximum atomic E-state index is 12.5. The van der Waals surface area contributed by atoms with Crippen molar-refractivity contribution in [2.45, 2.75) is 20.3 Å². The quantitative estimate of drug-likeness (QED) is 0.398. The lowest BCUT2D eigenvalue weighted by atomic mass is 10.1. The van der Waals surface area contributed by atoms with Gasteiger partial charge in [-0.25, -0.2) is 0 Å². The molecule has 24 heavy (non-hydrogen) atoms. The molecule has 0 radical (unpaired) electrons. The zero-order chi connectivity index (χ0) is 17.5.